The van der Waals surface area contributed by atoms with E-state index < -0.39 is 42.0 Å². The van der Waals surface area contributed by atoms with E-state index in [-0.39, 0.29) is 6.54 Å². The van der Waals surface area contributed by atoms with Gasteiger partial charge in [0.15, 0.2) is 13.1 Å². The molecule has 0 aromatic rings. The van der Waals surface area contributed by atoms with Gasteiger partial charge in [-0.2, -0.15) is 0 Å². The van der Waals surface area contributed by atoms with Crippen LogP contribution in [0.2, 0.25) is 0 Å². The highest BCUT2D eigenvalue weighted by molar-refractivity contribution is 5.72. The van der Waals surface area contributed by atoms with Crippen molar-refractivity contribution >= 4 is 17.9 Å². The third-order valence-corrected chi connectivity index (χ3v) is 3.31. The van der Waals surface area contributed by atoms with Gasteiger partial charge in [0, 0.05) is 0 Å². The SMILES string of the molecule is CC/C=C/CCCCC[N+](CC(=O)[O-])(CC(=O)O)CC(=O)O. The fourth-order valence-electron chi connectivity index (χ4n) is 2.42. The molecule has 0 saturated heterocycles. The average molecular weight is 315 g/mol. The summed E-state index contributed by atoms with van der Waals surface area (Å²) in [4.78, 5) is 32.8. The van der Waals surface area contributed by atoms with Crippen LogP contribution in [0.15, 0.2) is 12.2 Å². The number of nitrogens with zero attached hydrogens (tertiary/aromatic N) is 1. The summed E-state index contributed by atoms with van der Waals surface area (Å²) in [6.07, 6.45) is 8.29. The fraction of sp³-hybridized carbons (Fsp3) is 0.667. The lowest BCUT2D eigenvalue weighted by molar-refractivity contribution is -0.909. The number of hydrogen-bond acceptors (Lipinski definition) is 4. The number of unbranched alkanes of at least 4 members (excludes halogenated alkanes) is 3. The van der Waals surface area contributed by atoms with E-state index in [4.69, 9.17) is 10.2 Å². The Labute approximate surface area is 130 Å². The van der Waals surface area contributed by atoms with Crippen molar-refractivity contribution in [3.05, 3.63) is 12.2 Å². The number of carboxylic acid groups (broad SMARTS) is 3. The molecule has 0 heterocycles. The molecule has 0 aromatic carbocycles. The van der Waals surface area contributed by atoms with E-state index in [0.717, 1.165) is 25.7 Å². The summed E-state index contributed by atoms with van der Waals surface area (Å²) in [5.74, 6) is -3.87. The molecule has 0 aliphatic heterocycles. The van der Waals surface area contributed by atoms with Gasteiger partial charge < -0.3 is 24.6 Å². The third kappa shape index (κ3) is 9.93. The number of allylic oxidation sites excluding steroid dienone is 2. The molecule has 0 atom stereocenters. The van der Waals surface area contributed by atoms with Crippen molar-refractivity contribution in [2.45, 2.75) is 39.0 Å². The Balaban J connectivity index is 4.60. The molecule has 0 aliphatic carbocycles. The van der Waals surface area contributed by atoms with E-state index in [1.54, 1.807) is 0 Å². The van der Waals surface area contributed by atoms with Gasteiger partial charge in [-0.05, 0) is 32.1 Å². The number of aliphatic carboxylic acids is 3. The van der Waals surface area contributed by atoms with Crippen LogP contribution in [0.5, 0.6) is 0 Å². The highest BCUT2D eigenvalue weighted by Crippen LogP contribution is 2.12. The van der Waals surface area contributed by atoms with Crippen LogP contribution in [0.25, 0.3) is 0 Å². The minimum Gasteiger partial charge on any atom is -0.544 e. The topological polar surface area (TPSA) is 115 Å². The molecular formula is C15H25NO6. The van der Waals surface area contributed by atoms with E-state index in [9.17, 15) is 19.5 Å². The number of quaternary nitrogens is 1. The normalized spacial score (nSPS) is 11.7. The number of hydrogen-bond donors (Lipinski definition) is 2. The predicted octanol–water partition coefficient (Wildman–Crippen LogP) is 0.249. The molecule has 0 aromatic heterocycles. The van der Waals surface area contributed by atoms with Crippen molar-refractivity contribution in [3.8, 4) is 0 Å². The quantitative estimate of drug-likeness (QED) is 0.286. The maximum absolute atomic E-state index is 11.0. The summed E-state index contributed by atoms with van der Waals surface area (Å²) in [5.41, 5.74) is 0. The molecule has 126 valence electrons. The molecule has 0 fully saturated rings. The van der Waals surface area contributed by atoms with Gasteiger partial charge in [-0.15, -0.1) is 0 Å². The van der Waals surface area contributed by atoms with Crippen molar-refractivity contribution in [1.29, 1.82) is 0 Å². The number of carbonyl (C=O) groups excluding carboxylic acids is 1. The van der Waals surface area contributed by atoms with Gasteiger partial charge in [0.1, 0.15) is 6.54 Å². The lowest BCUT2D eigenvalue weighted by atomic mass is 10.1. The van der Waals surface area contributed by atoms with Crippen LogP contribution in [0.4, 0.5) is 0 Å². The first-order valence-corrected chi connectivity index (χ1v) is 7.45. The van der Waals surface area contributed by atoms with Crippen molar-refractivity contribution in [3.63, 3.8) is 0 Å². The molecule has 0 unspecified atom stereocenters. The molecule has 0 aliphatic rings. The van der Waals surface area contributed by atoms with E-state index in [0.29, 0.717) is 6.42 Å². The van der Waals surface area contributed by atoms with Crippen LogP contribution < -0.4 is 5.11 Å². The summed E-state index contributed by atoms with van der Waals surface area (Å²) >= 11 is 0. The summed E-state index contributed by atoms with van der Waals surface area (Å²) in [7, 11) is 0. The van der Waals surface area contributed by atoms with Crippen molar-refractivity contribution in [1.82, 2.24) is 0 Å². The summed E-state index contributed by atoms with van der Waals surface area (Å²) in [6.45, 7) is 0.574. The highest BCUT2D eigenvalue weighted by atomic mass is 16.4. The Kier molecular flexibility index (Phi) is 9.86. The number of carboxylic acids is 3. The molecule has 0 amide bonds. The van der Waals surface area contributed by atoms with E-state index in [1.807, 2.05) is 6.92 Å². The molecule has 0 spiro atoms. The second-order valence-corrected chi connectivity index (χ2v) is 5.43. The first-order chi connectivity index (χ1) is 10.3. The Bertz CT molecular complexity index is 364. The predicted molar refractivity (Wildman–Crippen MR) is 77.9 cm³/mol. The van der Waals surface area contributed by atoms with Crippen LogP contribution >= 0.6 is 0 Å². The molecule has 0 radical (unpaired) electrons. The second kappa shape index (κ2) is 10.8. The molecule has 7 heteroatoms. The lowest BCUT2D eigenvalue weighted by Crippen LogP contribution is -2.59. The van der Waals surface area contributed by atoms with Gasteiger partial charge in [-0.3, -0.25) is 0 Å². The van der Waals surface area contributed by atoms with E-state index in [1.165, 1.54) is 0 Å². The third-order valence-electron chi connectivity index (χ3n) is 3.31. The summed E-state index contributed by atoms with van der Waals surface area (Å²) in [5, 5.41) is 28.8. The molecule has 0 rings (SSSR count). The standard InChI is InChI=1S/C15H25NO6/c1-2-3-4-5-6-7-8-9-16(10-13(17)18,11-14(19)20)12-15(21)22/h3-4H,2,5-12H2,1H3,(H2-,17,18,19,20,21,22)/b4-3+. The van der Waals surface area contributed by atoms with Crippen LogP contribution in [-0.2, 0) is 14.4 Å². The van der Waals surface area contributed by atoms with Crippen LogP contribution in [-0.4, -0.2) is 58.8 Å². The smallest absolute Gasteiger partial charge is 0.359 e. The van der Waals surface area contributed by atoms with Gasteiger partial charge in [0.25, 0.3) is 0 Å². The van der Waals surface area contributed by atoms with Gasteiger partial charge in [0.2, 0.25) is 0 Å². The molecule has 0 saturated carbocycles. The van der Waals surface area contributed by atoms with E-state index in [2.05, 4.69) is 12.2 Å². The molecule has 7 nitrogen and oxygen atoms in total. The lowest BCUT2D eigenvalue weighted by Gasteiger charge is -2.36. The largest absolute Gasteiger partial charge is 0.544 e. The second-order valence-electron chi connectivity index (χ2n) is 5.43. The van der Waals surface area contributed by atoms with Crippen molar-refractivity contribution in [2.75, 3.05) is 26.2 Å². The summed E-state index contributed by atoms with van der Waals surface area (Å²) < 4.78 is -0.516. The monoisotopic (exact) mass is 315 g/mol. The molecule has 0 bridgehead atoms. The number of carbonyl (C=O) groups is 3. The van der Waals surface area contributed by atoms with Crippen molar-refractivity contribution in [2.24, 2.45) is 0 Å². The van der Waals surface area contributed by atoms with Crippen LogP contribution in [0.1, 0.15) is 39.0 Å². The zero-order chi connectivity index (χ0) is 17.0. The van der Waals surface area contributed by atoms with Gasteiger partial charge in [-0.25, -0.2) is 9.59 Å². The number of rotatable bonds is 13. The molecule has 2 N–H and O–H groups in total. The van der Waals surface area contributed by atoms with E-state index >= 15 is 0 Å². The maximum Gasteiger partial charge on any atom is 0.359 e. The minimum absolute atomic E-state index is 0.198. The zero-order valence-corrected chi connectivity index (χ0v) is 13.0. The molecular weight excluding hydrogens is 290 g/mol. The van der Waals surface area contributed by atoms with Gasteiger partial charge in [-0.1, -0.05) is 19.1 Å². The summed E-state index contributed by atoms with van der Waals surface area (Å²) in [6, 6.07) is 0. The van der Waals surface area contributed by atoms with Gasteiger partial charge >= 0.3 is 11.9 Å². The Morgan fingerprint density at radius 3 is 2.00 bits per heavy atom. The highest BCUT2D eigenvalue weighted by Gasteiger charge is 2.33. The minimum atomic E-state index is -1.44. The van der Waals surface area contributed by atoms with Gasteiger partial charge in [0.05, 0.1) is 12.5 Å². The fourth-order valence-corrected chi connectivity index (χ4v) is 2.42. The molecule has 22 heavy (non-hydrogen) atoms. The van der Waals surface area contributed by atoms with Crippen LogP contribution in [0, 0.1) is 0 Å². The first kappa shape index (κ1) is 20.1. The maximum atomic E-state index is 11.0. The average Bonchev–Trinajstić information content (AvgIpc) is 2.35. The Morgan fingerprint density at radius 2 is 1.55 bits per heavy atom. The Hall–Kier alpha value is -1.89. The van der Waals surface area contributed by atoms with Crippen molar-refractivity contribution < 1.29 is 34.2 Å². The Morgan fingerprint density at radius 1 is 0.955 bits per heavy atom. The van der Waals surface area contributed by atoms with Crippen LogP contribution in [0.3, 0.4) is 0 Å². The zero-order valence-electron chi connectivity index (χ0n) is 13.0. The first-order valence-electron chi connectivity index (χ1n) is 7.45.